The average Bonchev–Trinajstić information content (AvgIpc) is 3.24. The zero-order chi connectivity index (χ0) is 22.2. The summed E-state index contributed by atoms with van der Waals surface area (Å²) >= 11 is 3.21. The van der Waals surface area contributed by atoms with Gasteiger partial charge in [-0.25, -0.2) is 0 Å². The van der Waals surface area contributed by atoms with Crippen molar-refractivity contribution in [2.75, 3.05) is 18.1 Å². The molecule has 6 nitrogen and oxygen atoms in total. The second-order valence-corrected chi connectivity index (χ2v) is 11.0. The number of carbonyl (C=O) groups is 2. The van der Waals surface area contributed by atoms with E-state index < -0.39 is 6.04 Å². The molecule has 2 aliphatic heterocycles. The van der Waals surface area contributed by atoms with Gasteiger partial charge >= 0.3 is 0 Å². The van der Waals surface area contributed by atoms with Crippen molar-refractivity contribution >= 4 is 40.4 Å². The summed E-state index contributed by atoms with van der Waals surface area (Å²) in [5, 5.41) is 16.9. The van der Waals surface area contributed by atoms with Gasteiger partial charge in [0.1, 0.15) is 6.04 Å². The Bertz CT molecular complexity index is 773. The Morgan fingerprint density at radius 1 is 1.16 bits per heavy atom. The van der Waals surface area contributed by atoms with Gasteiger partial charge in [0, 0.05) is 23.2 Å². The number of hydrogen-bond donors (Lipinski definition) is 3. The number of rotatable bonds is 6. The van der Waals surface area contributed by atoms with Crippen LogP contribution in [-0.4, -0.2) is 63.5 Å². The number of thioether (sulfide) groups is 2. The minimum Gasteiger partial charge on any atom is -0.394 e. The number of nitrogens with zero attached hydrogens (tertiary/aromatic N) is 1. The second kappa shape index (κ2) is 11.9. The molecule has 0 aliphatic carbocycles. The van der Waals surface area contributed by atoms with Crippen LogP contribution in [0.25, 0.3) is 0 Å². The molecule has 0 radical (unpaired) electrons. The summed E-state index contributed by atoms with van der Waals surface area (Å²) in [6, 6.07) is 9.01. The van der Waals surface area contributed by atoms with Crippen molar-refractivity contribution in [3.8, 4) is 0 Å². The fraction of sp³-hybridized carbons (Fsp3) is 0.609. The minimum absolute atomic E-state index is 0.0213. The van der Waals surface area contributed by atoms with E-state index in [2.05, 4.69) is 29.5 Å². The van der Waals surface area contributed by atoms with Crippen LogP contribution >= 0.6 is 23.5 Å². The van der Waals surface area contributed by atoms with Gasteiger partial charge in [-0.15, -0.1) is 11.8 Å². The van der Waals surface area contributed by atoms with Crippen molar-refractivity contribution in [1.29, 1.82) is 0 Å². The van der Waals surface area contributed by atoms with Gasteiger partial charge in [0.05, 0.1) is 23.7 Å². The predicted octanol–water partition coefficient (Wildman–Crippen LogP) is 2.65. The largest absolute Gasteiger partial charge is 0.394 e. The molecule has 170 valence electrons. The molecule has 2 aliphatic rings. The quantitative estimate of drug-likeness (QED) is 0.603. The standard InChI is InChI=1S/C23H33N3O3S2/c1-15(2)8-9-18-11-21(28)25-19(10-16-6-4-3-5-7-16)23-26-20(14-31-23)22(29)24-17(12-27)13-30-18/h3-7,15,17-20,27H,8-14H2,1-2H3,(H,24,29)(H,25,28)/t17-,18?,19+,20-/m1/s1. The molecule has 31 heavy (non-hydrogen) atoms. The third-order valence-electron chi connectivity index (χ3n) is 5.47. The Balaban J connectivity index is 1.81. The summed E-state index contributed by atoms with van der Waals surface area (Å²) in [7, 11) is 0. The SMILES string of the molecule is CC(C)CCC1CC(=O)N[C@@H](Cc2ccccc2)C2=N[C@H](CS2)C(=O)N[C@H](CO)CS1. The van der Waals surface area contributed by atoms with E-state index in [1.807, 2.05) is 30.3 Å². The molecule has 0 aromatic heterocycles. The lowest BCUT2D eigenvalue weighted by atomic mass is 10.0. The summed E-state index contributed by atoms with van der Waals surface area (Å²) in [6.45, 7) is 4.25. The smallest absolute Gasteiger partial charge is 0.246 e. The Morgan fingerprint density at radius 3 is 2.65 bits per heavy atom. The molecule has 0 spiro atoms. The highest BCUT2D eigenvalue weighted by atomic mass is 32.2. The lowest BCUT2D eigenvalue weighted by molar-refractivity contribution is -0.122. The van der Waals surface area contributed by atoms with Crippen LogP contribution in [0, 0.1) is 5.92 Å². The Hall–Kier alpha value is -1.51. The zero-order valence-electron chi connectivity index (χ0n) is 18.3. The van der Waals surface area contributed by atoms with Crippen LogP contribution in [0.1, 0.15) is 38.7 Å². The Labute approximate surface area is 193 Å². The first-order chi connectivity index (χ1) is 14.9. The number of aliphatic hydroxyl groups excluding tert-OH is 1. The molecule has 2 heterocycles. The molecule has 1 unspecified atom stereocenters. The molecule has 1 aromatic rings. The molecular formula is C23H33N3O3S2. The fourth-order valence-electron chi connectivity index (χ4n) is 3.68. The van der Waals surface area contributed by atoms with E-state index in [0.717, 1.165) is 23.4 Å². The molecule has 1 aromatic carbocycles. The highest BCUT2D eigenvalue weighted by molar-refractivity contribution is 8.14. The average molecular weight is 464 g/mol. The second-order valence-electron chi connectivity index (χ2n) is 8.62. The van der Waals surface area contributed by atoms with Crippen LogP contribution in [-0.2, 0) is 16.0 Å². The van der Waals surface area contributed by atoms with Gasteiger partial charge in [0.2, 0.25) is 11.8 Å². The number of hydrogen-bond acceptors (Lipinski definition) is 6. The molecule has 8 heteroatoms. The normalized spacial score (nSPS) is 27.5. The lowest BCUT2D eigenvalue weighted by Gasteiger charge is -2.23. The number of aliphatic hydroxyl groups is 1. The zero-order valence-corrected chi connectivity index (χ0v) is 19.9. The summed E-state index contributed by atoms with van der Waals surface area (Å²) in [5.41, 5.74) is 1.12. The van der Waals surface area contributed by atoms with Crippen LogP contribution < -0.4 is 10.6 Å². The molecule has 3 rings (SSSR count). The lowest BCUT2D eigenvalue weighted by Crippen LogP contribution is -2.44. The van der Waals surface area contributed by atoms with Crippen LogP contribution in [0.5, 0.6) is 0 Å². The molecule has 3 N–H and O–H groups in total. The van der Waals surface area contributed by atoms with Gasteiger partial charge in [-0.05, 0) is 30.7 Å². The third kappa shape index (κ3) is 7.54. The molecular weight excluding hydrogens is 430 g/mol. The first-order valence-corrected chi connectivity index (χ1v) is 13.0. The molecule has 2 bridgehead atoms. The first kappa shape index (κ1) is 24.1. The summed E-state index contributed by atoms with van der Waals surface area (Å²) in [5.74, 6) is 1.58. The van der Waals surface area contributed by atoms with Crippen LogP contribution in [0.4, 0.5) is 0 Å². The third-order valence-corrected chi connectivity index (χ3v) is 8.11. The van der Waals surface area contributed by atoms with Crippen LogP contribution in [0.15, 0.2) is 35.3 Å². The van der Waals surface area contributed by atoms with Gasteiger partial charge in [0.25, 0.3) is 0 Å². The number of nitrogens with one attached hydrogen (secondary N) is 2. The van der Waals surface area contributed by atoms with Crippen molar-refractivity contribution in [2.45, 2.75) is 62.9 Å². The van der Waals surface area contributed by atoms with E-state index in [0.29, 0.717) is 30.3 Å². The van der Waals surface area contributed by atoms with E-state index in [1.54, 1.807) is 23.5 Å². The Morgan fingerprint density at radius 2 is 1.94 bits per heavy atom. The maximum Gasteiger partial charge on any atom is 0.246 e. The number of carbonyl (C=O) groups excluding carboxylic acids is 2. The van der Waals surface area contributed by atoms with Crippen molar-refractivity contribution in [3.63, 3.8) is 0 Å². The van der Waals surface area contributed by atoms with E-state index in [-0.39, 0.29) is 35.8 Å². The van der Waals surface area contributed by atoms with Crippen LogP contribution in [0.2, 0.25) is 0 Å². The van der Waals surface area contributed by atoms with Gasteiger partial charge in [-0.2, -0.15) is 11.8 Å². The summed E-state index contributed by atoms with van der Waals surface area (Å²) < 4.78 is 0. The van der Waals surface area contributed by atoms with Crippen LogP contribution in [0.3, 0.4) is 0 Å². The van der Waals surface area contributed by atoms with Gasteiger partial charge in [-0.3, -0.25) is 14.6 Å². The minimum atomic E-state index is -0.480. The molecule has 0 fully saturated rings. The molecule has 4 atom stereocenters. The number of aliphatic imine (C=N–C) groups is 1. The maximum atomic E-state index is 13.0. The number of benzene rings is 1. The van der Waals surface area contributed by atoms with Gasteiger partial charge in [0.15, 0.2) is 0 Å². The predicted molar refractivity (Wildman–Crippen MR) is 130 cm³/mol. The topological polar surface area (TPSA) is 90.8 Å². The van der Waals surface area contributed by atoms with E-state index in [4.69, 9.17) is 0 Å². The monoisotopic (exact) mass is 463 g/mol. The van der Waals surface area contributed by atoms with Gasteiger partial charge in [-0.1, -0.05) is 44.2 Å². The highest BCUT2D eigenvalue weighted by Gasteiger charge is 2.32. The first-order valence-electron chi connectivity index (χ1n) is 11.0. The van der Waals surface area contributed by atoms with E-state index in [9.17, 15) is 14.7 Å². The van der Waals surface area contributed by atoms with E-state index >= 15 is 0 Å². The van der Waals surface area contributed by atoms with Crippen molar-refractivity contribution in [3.05, 3.63) is 35.9 Å². The molecule has 2 amide bonds. The number of fused-ring (bicyclic) bond motifs is 1. The fourth-order valence-corrected chi connectivity index (χ4v) is 6.05. The van der Waals surface area contributed by atoms with Crippen molar-refractivity contribution in [1.82, 2.24) is 10.6 Å². The highest BCUT2D eigenvalue weighted by Crippen LogP contribution is 2.26. The summed E-state index contributed by atoms with van der Waals surface area (Å²) in [4.78, 5) is 30.4. The van der Waals surface area contributed by atoms with Gasteiger partial charge < -0.3 is 15.7 Å². The molecule has 0 saturated carbocycles. The van der Waals surface area contributed by atoms with Crippen molar-refractivity contribution < 1.29 is 14.7 Å². The van der Waals surface area contributed by atoms with E-state index in [1.165, 1.54) is 0 Å². The Kier molecular flexibility index (Phi) is 9.29. The molecule has 0 saturated heterocycles. The van der Waals surface area contributed by atoms with Crippen molar-refractivity contribution in [2.24, 2.45) is 10.9 Å². The maximum absolute atomic E-state index is 13.0. The number of amides is 2. The summed E-state index contributed by atoms with van der Waals surface area (Å²) in [6.07, 6.45) is 3.05.